The Morgan fingerprint density at radius 1 is 1.29 bits per heavy atom. The predicted octanol–water partition coefficient (Wildman–Crippen LogP) is 2.04. The van der Waals surface area contributed by atoms with Crippen LogP contribution in [0.4, 0.5) is 0 Å². The van der Waals surface area contributed by atoms with Gasteiger partial charge >= 0.3 is 0 Å². The second kappa shape index (κ2) is 5.78. The van der Waals surface area contributed by atoms with Gasteiger partial charge in [-0.05, 0) is 31.4 Å². The van der Waals surface area contributed by atoms with E-state index < -0.39 is 0 Å². The van der Waals surface area contributed by atoms with Crippen molar-refractivity contribution in [2.45, 2.75) is 20.3 Å². The quantitative estimate of drug-likeness (QED) is 0.571. The molecule has 0 fully saturated rings. The van der Waals surface area contributed by atoms with Crippen molar-refractivity contribution in [3.8, 4) is 0 Å². The Morgan fingerprint density at radius 2 is 2.07 bits per heavy atom. The van der Waals surface area contributed by atoms with E-state index in [0.717, 1.165) is 13.0 Å². The minimum absolute atomic E-state index is 0.630. The lowest BCUT2D eigenvalue weighted by Crippen LogP contribution is -2.19. The lowest BCUT2D eigenvalue weighted by Gasteiger charge is -2.07. The van der Waals surface area contributed by atoms with E-state index in [1.807, 2.05) is 0 Å². The maximum atomic E-state index is 4.92. The van der Waals surface area contributed by atoms with Crippen molar-refractivity contribution in [3.63, 3.8) is 0 Å². The Hall–Kier alpha value is -0.860. The zero-order chi connectivity index (χ0) is 10.4. The topological polar surface area (TPSA) is 21.3 Å². The third-order valence-corrected chi connectivity index (χ3v) is 2.32. The fourth-order valence-corrected chi connectivity index (χ4v) is 1.52. The summed E-state index contributed by atoms with van der Waals surface area (Å²) in [5.74, 6) is 0. The smallest absolute Gasteiger partial charge is 0.0961 e. The molecule has 0 amide bonds. The molecular formula is C12H19NO. The van der Waals surface area contributed by atoms with Crippen molar-refractivity contribution in [1.82, 2.24) is 5.32 Å². The number of benzene rings is 1. The molecule has 1 rings (SSSR count). The molecule has 14 heavy (non-hydrogen) atoms. The summed E-state index contributed by atoms with van der Waals surface area (Å²) < 4.78 is 4.92. The molecule has 2 nitrogen and oxygen atoms in total. The summed E-state index contributed by atoms with van der Waals surface area (Å²) in [6, 6.07) is 6.60. The monoisotopic (exact) mass is 193 g/mol. The van der Waals surface area contributed by atoms with E-state index in [-0.39, 0.29) is 0 Å². The largest absolute Gasteiger partial charge is 0.370 e. The van der Waals surface area contributed by atoms with Gasteiger partial charge < -0.3 is 4.74 Å². The summed E-state index contributed by atoms with van der Waals surface area (Å²) in [5, 5.41) is 3.20. The third-order valence-electron chi connectivity index (χ3n) is 2.32. The average Bonchev–Trinajstić information content (AvgIpc) is 2.15. The van der Waals surface area contributed by atoms with Crippen molar-refractivity contribution in [2.75, 3.05) is 20.4 Å². The molecular weight excluding hydrogens is 174 g/mol. The van der Waals surface area contributed by atoms with Gasteiger partial charge in [-0.3, -0.25) is 5.32 Å². The van der Waals surface area contributed by atoms with E-state index in [1.165, 1.54) is 16.7 Å². The Balaban J connectivity index is 2.42. The lowest BCUT2D eigenvalue weighted by atomic mass is 10.0. The molecule has 0 unspecified atom stereocenters. The molecule has 0 atom stereocenters. The molecule has 0 aromatic heterocycles. The van der Waals surface area contributed by atoms with Gasteiger partial charge in [-0.25, -0.2) is 0 Å². The molecule has 0 aliphatic rings. The van der Waals surface area contributed by atoms with Gasteiger partial charge in [0.1, 0.15) is 0 Å². The van der Waals surface area contributed by atoms with Crippen LogP contribution in [0.2, 0.25) is 0 Å². The van der Waals surface area contributed by atoms with Gasteiger partial charge in [-0.1, -0.05) is 23.8 Å². The number of nitrogens with one attached hydrogen (secondary N) is 1. The molecule has 0 heterocycles. The van der Waals surface area contributed by atoms with Crippen LogP contribution in [-0.2, 0) is 11.2 Å². The SMILES string of the molecule is COCNCCc1ccc(C)cc1C. The van der Waals surface area contributed by atoms with Gasteiger partial charge in [0.15, 0.2) is 0 Å². The number of methoxy groups -OCH3 is 1. The van der Waals surface area contributed by atoms with Crippen LogP contribution >= 0.6 is 0 Å². The highest BCUT2D eigenvalue weighted by molar-refractivity contribution is 5.30. The summed E-state index contributed by atoms with van der Waals surface area (Å²) >= 11 is 0. The maximum Gasteiger partial charge on any atom is 0.0961 e. The minimum atomic E-state index is 0.630. The van der Waals surface area contributed by atoms with Gasteiger partial charge in [0.25, 0.3) is 0 Å². The van der Waals surface area contributed by atoms with E-state index >= 15 is 0 Å². The second-order valence-corrected chi connectivity index (χ2v) is 3.61. The van der Waals surface area contributed by atoms with Crippen LogP contribution in [-0.4, -0.2) is 20.4 Å². The highest BCUT2D eigenvalue weighted by atomic mass is 16.5. The highest BCUT2D eigenvalue weighted by Crippen LogP contribution is 2.10. The molecule has 0 saturated heterocycles. The lowest BCUT2D eigenvalue weighted by molar-refractivity contribution is 0.176. The zero-order valence-corrected chi connectivity index (χ0v) is 9.26. The van der Waals surface area contributed by atoms with Crippen LogP contribution in [0.25, 0.3) is 0 Å². The molecule has 0 aliphatic carbocycles. The molecule has 78 valence electrons. The number of hydrogen-bond donors (Lipinski definition) is 1. The van der Waals surface area contributed by atoms with E-state index in [0.29, 0.717) is 6.73 Å². The molecule has 0 bridgehead atoms. The predicted molar refractivity (Wildman–Crippen MR) is 59.5 cm³/mol. The maximum absolute atomic E-state index is 4.92. The Morgan fingerprint density at radius 3 is 2.71 bits per heavy atom. The molecule has 0 saturated carbocycles. The van der Waals surface area contributed by atoms with Crippen LogP contribution in [0, 0.1) is 13.8 Å². The summed E-state index contributed by atoms with van der Waals surface area (Å²) in [7, 11) is 1.70. The van der Waals surface area contributed by atoms with Gasteiger partial charge in [0.2, 0.25) is 0 Å². The van der Waals surface area contributed by atoms with Gasteiger partial charge in [0.05, 0.1) is 6.73 Å². The van der Waals surface area contributed by atoms with Crippen LogP contribution < -0.4 is 5.32 Å². The molecule has 2 heteroatoms. The normalized spacial score (nSPS) is 10.5. The van der Waals surface area contributed by atoms with Crippen molar-refractivity contribution < 1.29 is 4.74 Å². The first-order chi connectivity index (χ1) is 6.74. The van der Waals surface area contributed by atoms with E-state index in [9.17, 15) is 0 Å². The summed E-state index contributed by atoms with van der Waals surface area (Å²) in [5.41, 5.74) is 4.12. The van der Waals surface area contributed by atoms with Crippen molar-refractivity contribution in [1.29, 1.82) is 0 Å². The van der Waals surface area contributed by atoms with E-state index in [2.05, 4.69) is 37.4 Å². The number of ether oxygens (including phenoxy) is 1. The highest BCUT2D eigenvalue weighted by Gasteiger charge is 1.97. The van der Waals surface area contributed by atoms with Crippen molar-refractivity contribution in [2.24, 2.45) is 0 Å². The fraction of sp³-hybridized carbons (Fsp3) is 0.500. The summed E-state index contributed by atoms with van der Waals surface area (Å²) in [4.78, 5) is 0. The molecule has 1 aromatic carbocycles. The van der Waals surface area contributed by atoms with E-state index in [4.69, 9.17) is 4.74 Å². The molecule has 0 aliphatic heterocycles. The molecule has 0 spiro atoms. The van der Waals surface area contributed by atoms with Crippen LogP contribution in [0.3, 0.4) is 0 Å². The summed E-state index contributed by atoms with van der Waals surface area (Å²) in [6.07, 6.45) is 1.06. The first-order valence-electron chi connectivity index (χ1n) is 5.00. The van der Waals surface area contributed by atoms with Crippen molar-refractivity contribution in [3.05, 3.63) is 34.9 Å². The zero-order valence-electron chi connectivity index (χ0n) is 9.26. The Kier molecular flexibility index (Phi) is 4.63. The molecule has 1 aromatic rings. The molecule has 0 radical (unpaired) electrons. The van der Waals surface area contributed by atoms with Gasteiger partial charge in [-0.15, -0.1) is 0 Å². The molecule has 1 N–H and O–H groups in total. The van der Waals surface area contributed by atoms with Gasteiger partial charge in [0, 0.05) is 13.7 Å². The average molecular weight is 193 g/mol. The first-order valence-corrected chi connectivity index (χ1v) is 5.00. The number of rotatable bonds is 5. The summed E-state index contributed by atoms with van der Waals surface area (Å²) in [6.45, 7) is 5.89. The van der Waals surface area contributed by atoms with Crippen molar-refractivity contribution >= 4 is 0 Å². The minimum Gasteiger partial charge on any atom is -0.370 e. The van der Waals surface area contributed by atoms with E-state index in [1.54, 1.807) is 7.11 Å². The number of hydrogen-bond acceptors (Lipinski definition) is 2. The second-order valence-electron chi connectivity index (χ2n) is 3.61. The van der Waals surface area contributed by atoms with Crippen LogP contribution in [0.1, 0.15) is 16.7 Å². The Bertz CT molecular complexity index is 284. The van der Waals surface area contributed by atoms with Gasteiger partial charge in [-0.2, -0.15) is 0 Å². The number of aryl methyl sites for hydroxylation is 2. The van der Waals surface area contributed by atoms with Crippen LogP contribution in [0.5, 0.6) is 0 Å². The fourth-order valence-electron chi connectivity index (χ4n) is 1.52. The standard InChI is InChI=1S/C12H19NO/c1-10-4-5-12(11(2)8-10)6-7-13-9-14-3/h4-5,8,13H,6-7,9H2,1-3H3. The third kappa shape index (κ3) is 3.48. The Labute approximate surface area is 86.3 Å². The first kappa shape index (κ1) is 11.2. The van der Waals surface area contributed by atoms with Crippen LogP contribution in [0.15, 0.2) is 18.2 Å².